The molecule has 0 saturated heterocycles. The van der Waals surface area contributed by atoms with Crippen LogP contribution in [0.2, 0.25) is 0 Å². The van der Waals surface area contributed by atoms with Crippen LogP contribution in [0, 0.1) is 36.5 Å². The molecule has 0 aliphatic carbocycles. The molecule has 1 aliphatic heterocycles. The van der Waals surface area contributed by atoms with Crippen molar-refractivity contribution in [2.45, 2.75) is 13.8 Å². The number of hydrogen-bond acceptors (Lipinski definition) is 8. The Morgan fingerprint density at radius 2 is 0.875 bits per heavy atom. The zero-order chi connectivity index (χ0) is 27.4. The normalized spacial score (nSPS) is 12.1. The van der Waals surface area contributed by atoms with Gasteiger partial charge in [-0.3, -0.25) is 9.80 Å². The lowest BCUT2D eigenvalue weighted by atomic mass is 10.1. The maximum atomic E-state index is 9.86. The van der Waals surface area contributed by atoms with Crippen molar-refractivity contribution in [3.8, 4) is 12.1 Å². The summed E-state index contributed by atoms with van der Waals surface area (Å²) in [5.74, 6) is 1.90. The first-order valence-corrected chi connectivity index (χ1v) is 12.7. The zero-order valence-corrected chi connectivity index (χ0v) is 21.7. The highest BCUT2D eigenvalue weighted by Crippen LogP contribution is 2.51. The first-order valence-electron chi connectivity index (χ1n) is 12.7. The lowest BCUT2D eigenvalue weighted by Gasteiger charge is -2.37. The number of benzene rings is 4. The summed E-state index contributed by atoms with van der Waals surface area (Å²) in [6, 6.07) is 32.4. The minimum Gasteiger partial charge on any atom is -0.273 e. The van der Waals surface area contributed by atoms with E-state index in [-0.39, 0.29) is 11.4 Å². The van der Waals surface area contributed by atoms with Crippen LogP contribution in [0.3, 0.4) is 0 Å². The lowest BCUT2D eigenvalue weighted by Crippen LogP contribution is -2.29. The van der Waals surface area contributed by atoms with Crippen molar-refractivity contribution in [3.05, 3.63) is 108 Å². The van der Waals surface area contributed by atoms with Gasteiger partial charge in [0.25, 0.3) is 0 Å². The topological polar surface area (TPSA) is 106 Å². The van der Waals surface area contributed by atoms with Crippen LogP contribution in [-0.4, -0.2) is 19.9 Å². The van der Waals surface area contributed by atoms with Crippen LogP contribution < -0.4 is 9.80 Å². The second kappa shape index (κ2) is 8.87. The molecule has 8 heteroatoms. The fourth-order valence-corrected chi connectivity index (χ4v) is 5.07. The summed E-state index contributed by atoms with van der Waals surface area (Å²) in [5.41, 5.74) is 3.03. The molecular weight excluding hydrogens is 496 g/mol. The third-order valence-corrected chi connectivity index (χ3v) is 7.17. The maximum absolute atomic E-state index is 9.86. The monoisotopic (exact) mass is 516 g/mol. The highest BCUT2D eigenvalue weighted by Gasteiger charge is 2.37. The van der Waals surface area contributed by atoms with Gasteiger partial charge in [0.1, 0.15) is 12.1 Å². The fraction of sp³-hybridized carbons (Fsp3) is 0.0625. The van der Waals surface area contributed by atoms with Crippen molar-refractivity contribution in [2.24, 2.45) is 0 Å². The summed E-state index contributed by atoms with van der Waals surface area (Å²) in [7, 11) is 0. The van der Waals surface area contributed by atoms with Crippen molar-refractivity contribution in [1.82, 2.24) is 19.9 Å². The summed E-state index contributed by atoms with van der Waals surface area (Å²) >= 11 is 0. The van der Waals surface area contributed by atoms with Gasteiger partial charge in [-0.1, -0.05) is 60.7 Å². The Morgan fingerprint density at radius 1 is 0.500 bits per heavy atom. The van der Waals surface area contributed by atoms with Crippen molar-refractivity contribution in [2.75, 3.05) is 9.80 Å². The molecule has 6 aromatic rings. The summed E-state index contributed by atoms with van der Waals surface area (Å²) in [5, 5.41) is 24.0. The standard InChI is InChI=1S/C32H20N8/c1-19-20(2)36-30-29(35-19)39(25-13-11-21-7-3-5-9-23(21)15-25)31-32(38-28(18-34)27(17-33)37-31)40(30)26-14-12-22-8-4-6-10-24(22)16-26/h3-16H,1-2H3. The third-order valence-electron chi connectivity index (χ3n) is 7.17. The predicted molar refractivity (Wildman–Crippen MR) is 154 cm³/mol. The van der Waals surface area contributed by atoms with E-state index in [1.54, 1.807) is 0 Å². The van der Waals surface area contributed by atoms with Crippen LogP contribution in [-0.2, 0) is 0 Å². The summed E-state index contributed by atoms with van der Waals surface area (Å²) in [6.07, 6.45) is 0. The molecule has 8 nitrogen and oxygen atoms in total. The van der Waals surface area contributed by atoms with Gasteiger partial charge < -0.3 is 0 Å². The van der Waals surface area contributed by atoms with E-state index in [9.17, 15) is 10.5 Å². The molecule has 0 spiro atoms. The average Bonchev–Trinajstić information content (AvgIpc) is 2.99. The van der Waals surface area contributed by atoms with E-state index in [0.717, 1.165) is 44.3 Å². The number of nitrogens with zero attached hydrogens (tertiary/aromatic N) is 8. The Morgan fingerprint density at radius 3 is 1.27 bits per heavy atom. The van der Waals surface area contributed by atoms with E-state index in [2.05, 4.69) is 24.3 Å². The van der Waals surface area contributed by atoms with Crippen LogP contribution in [0.1, 0.15) is 22.8 Å². The number of nitriles is 2. The highest BCUT2D eigenvalue weighted by atomic mass is 15.4. The quantitative estimate of drug-likeness (QED) is 0.238. The fourth-order valence-electron chi connectivity index (χ4n) is 5.07. The van der Waals surface area contributed by atoms with Gasteiger partial charge in [0.05, 0.1) is 11.4 Å². The van der Waals surface area contributed by atoms with Crippen molar-refractivity contribution >= 4 is 56.2 Å². The number of anilines is 6. The molecule has 0 unspecified atom stereocenters. The molecule has 3 heterocycles. The maximum Gasteiger partial charge on any atom is 0.184 e. The minimum atomic E-state index is -0.0502. The number of aryl methyl sites for hydroxylation is 2. The first-order chi connectivity index (χ1) is 19.6. The summed E-state index contributed by atoms with van der Waals surface area (Å²) in [4.78, 5) is 23.1. The Bertz CT molecular complexity index is 1940. The molecule has 40 heavy (non-hydrogen) atoms. The molecule has 4 aromatic carbocycles. The molecule has 0 saturated carbocycles. The van der Waals surface area contributed by atoms with Crippen LogP contribution >= 0.6 is 0 Å². The Labute approximate surface area is 230 Å². The van der Waals surface area contributed by atoms with E-state index in [1.165, 1.54) is 0 Å². The van der Waals surface area contributed by atoms with Crippen LogP contribution in [0.4, 0.5) is 34.6 Å². The molecule has 188 valence electrons. The third kappa shape index (κ3) is 3.52. The summed E-state index contributed by atoms with van der Waals surface area (Å²) in [6.45, 7) is 3.84. The van der Waals surface area contributed by atoms with Gasteiger partial charge >= 0.3 is 0 Å². The molecule has 0 atom stereocenters. The molecule has 0 fully saturated rings. The number of hydrogen-bond donors (Lipinski definition) is 0. The lowest BCUT2D eigenvalue weighted by molar-refractivity contribution is 0.944. The molecule has 0 radical (unpaired) electrons. The SMILES string of the molecule is Cc1nc2c(nc1C)N(c1ccc3ccccc3c1)c1nc(C#N)c(C#N)nc1N2c1ccc2ccccc2c1. The smallest absolute Gasteiger partial charge is 0.184 e. The van der Waals surface area contributed by atoms with Crippen molar-refractivity contribution in [3.63, 3.8) is 0 Å². The van der Waals surface area contributed by atoms with Crippen LogP contribution in [0.15, 0.2) is 84.9 Å². The second-order valence-corrected chi connectivity index (χ2v) is 9.57. The number of fused-ring (bicyclic) bond motifs is 4. The van der Waals surface area contributed by atoms with Crippen molar-refractivity contribution < 1.29 is 0 Å². The highest BCUT2D eigenvalue weighted by molar-refractivity contribution is 5.99. The first kappa shape index (κ1) is 23.3. The van der Waals surface area contributed by atoms with Gasteiger partial charge in [0.2, 0.25) is 0 Å². The molecule has 7 rings (SSSR count). The van der Waals surface area contributed by atoms with Gasteiger partial charge in [0.15, 0.2) is 34.7 Å². The number of rotatable bonds is 2. The van der Waals surface area contributed by atoms with Gasteiger partial charge in [-0.25, -0.2) is 19.9 Å². The molecule has 0 N–H and O–H groups in total. The molecule has 0 amide bonds. The van der Waals surface area contributed by atoms with E-state index in [4.69, 9.17) is 19.9 Å². The Kier molecular flexibility index (Phi) is 5.16. The van der Waals surface area contributed by atoms with E-state index in [1.807, 2.05) is 96.4 Å². The van der Waals surface area contributed by atoms with Gasteiger partial charge in [-0.05, 0) is 59.7 Å². The molecule has 2 aromatic heterocycles. The Hall–Kier alpha value is -5.86. The summed E-state index contributed by atoms with van der Waals surface area (Å²) < 4.78 is 0. The molecule has 1 aliphatic rings. The zero-order valence-electron chi connectivity index (χ0n) is 21.7. The average molecular weight is 517 g/mol. The van der Waals surface area contributed by atoms with E-state index >= 15 is 0 Å². The molecule has 0 bridgehead atoms. The number of aromatic nitrogens is 4. The minimum absolute atomic E-state index is 0.0502. The van der Waals surface area contributed by atoms with Gasteiger partial charge in [-0.15, -0.1) is 0 Å². The second-order valence-electron chi connectivity index (χ2n) is 9.57. The van der Waals surface area contributed by atoms with E-state index in [0.29, 0.717) is 23.3 Å². The van der Waals surface area contributed by atoms with Crippen LogP contribution in [0.5, 0.6) is 0 Å². The van der Waals surface area contributed by atoms with Gasteiger partial charge in [-0.2, -0.15) is 10.5 Å². The predicted octanol–water partition coefficient (Wildman–Crippen LogP) is 7.19. The van der Waals surface area contributed by atoms with Gasteiger partial charge in [0, 0.05) is 11.4 Å². The van der Waals surface area contributed by atoms with E-state index < -0.39 is 0 Å². The largest absolute Gasteiger partial charge is 0.273 e. The Balaban J connectivity index is 1.57. The molecular formula is C32H20N8. The van der Waals surface area contributed by atoms with Crippen LogP contribution in [0.25, 0.3) is 21.5 Å². The van der Waals surface area contributed by atoms with Crippen molar-refractivity contribution in [1.29, 1.82) is 10.5 Å².